The Balaban J connectivity index is 1.89. The Kier molecular flexibility index (Phi) is 3.51. The van der Waals surface area contributed by atoms with E-state index in [1.165, 1.54) is 7.11 Å². The van der Waals surface area contributed by atoms with Crippen LogP contribution < -0.4 is 15.2 Å². The van der Waals surface area contributed by atoms with Crippen molar-refractivity contribution in [2.24, 2.45) is 5.73 Å². The van der Waals surface area contributed by atoms with Crippen molar-refractivity contribution in [1.82, 2.24) is 0 Å². The molecule has 0 saturated heterocycles. The Morgan fingerprint density at radius 1 is 1.24 bits per heavy atom. The van der Waals surface area contributed by atoms with E-state index >= 15 is 0 Å². The van der Waals surface area contributed by atoms with Crippen LogP contribution in [0.4, 0.5) is 8.78 Å². The lowest BCUT2D eigenvalue weighted by Gasteiger charge is -2.21. The second-order valence-electron chi connectivity index (χ2n) is 5.00. The van der Waals surface area contributed by atoms with Gasteiger partial charge in [-0.25, -0.2) is 8.78 Å². The molecule has 2 aromatic rings. The molecule has 0 aliphatic carbocycles. The van der Waals surface area contributed by atoms with Crippen LogP contribution in [-0.4, -0.2) is 13.2 Å². The predicted octanol–water partition coefficient (Wildman–Crippen LogP) is 2.98. The van der Waals surface area contributed by atoms with Crippen molar-refractivity contribution >= 4 is 0 Å². The SMILES string of the molecule is COc1cc(F)c(C(N)C2Cc3ccccc3O2)c(F)c1. The fourth-order valence-electron chi connectivity index (χ4n) is 2.59. The third-order valence-electron chi connectivity index (χ3n) is 3.69. The number of fused-ring (bicyclic) bond motifs is 1. The number of nitrogens with two attached hydrogens (primary N) is 1. The molecule has 1 aliphatic rings. The molecule has 2 atom stereocenters. The Bertz CT molecular complexity index is 627. The number of para-hydroxylation sites is 1. The van der Waals surface area contributed by atoms with Crippen LogP contribution in [0, 0.1) is 11.6 Å². The van der Waals surface area contributed by atoms with E-state index in [9.17, 15) is 8.78 Å². The summed E-state index contributed by atoms with van der Waals surface area (Å²) in [5, 5.41) is 0. The van der Waals surface area contributed by atoms with Gasteiger partial charge in [0.1, 0.15) is 29.2 Å². The largest absolute Gasteiger partial charge is 0.497 e. The maximum Gasteiger partial charge on any atom is 0.134 e. The smallest absolute Gasteiger partial charge is 0.134 e. The van der Waals surface area contributed by atoms with Gasteiger partial charge in [0.15, 0.2) is 0 Å². The zero-order chi connectivity index (χ0) is 15.0. The fourth-order valence-corrected chi connectivity index (χ4v) is 2.59. The average molecular weight is 291 g/mol. The van der Waals surface area contributed by atoms with E-state index in [1.807, 2.05) is 24.3 Å². The highest BCUT2D eigenvalue weighted by Gasteiger charge is 2.32. The molecule has 0 radical (unpaired) electrons. The number of hydrogen-bond acceptors (Lipinski definition) is 3. The molecule has 2 unspecified atom stereocenters. The number of ether oxygens (including phenoxy) is 2. The third kappa shape index (κ3) is 2.45. The number of methoxy groups -OCH3 is 1. The summed E-state index contributed by atoms with van der Waals surface area (Å²) in [6.45, 7) is 0. The van der Waals surface area contributed by atoms with Gasteiger partial charge in [-0.2, -0.15) is 0 Å². The topological polar surface area (TPSA) is 44.5 Å². The van der Waals surface area contributed by atoms with E-state index < -0.39 is 23.8 Å². The van der Waals surface area contributed by atoms with Crippen LogP contribution in [-0.2, 0) is 6.42 Å². The summed E-state index contributed by atoms with van der Waals surface area (Å²) >= 11 is 0. The highest BCUT2D eigenvalue weighted by Crippen LogP contribution is 2.35. The lowest BCUT2D eigenvalue weighted by molar-refractivity contribution is 0.195. The van der Waals surface area contributed by atoms with Crippen LogP contribution in [0.1, 0.15) is 17.2 Å². The second kappa shape index (κ2) is 5.33. The van der Waals surface area contributed by atoms with E-state index in [2.05, 4.69) is 0 Å². The second-order valence-corrected chi connectivity index (χ2v) is 5.00. The third-order valence-corrected chi connectivity index (χ3v) is 3.69. The van der Waals surface area contributed by atoms with Gasteiger partial charge < -0.3 is 15.2 Å². The summed E-state index contributed by atoms with van der Waals surface area (Å²) < 4.78 is 38.7. The quantitative estimate of drug-likeness (QED) is 0.945. The number of rotatable bonds is 3. The molecule has 0 aromatic heterocycles. The van der Waals surface area contributed by atoms with Gasteiger partial charge in [-0.15, -0.1) is 0 Å². The van der Waals surface area contributed by atoms with Crippen LogP contribution in [0.5, 0.6) is 11.5 Å². The summed E-state index contributed by atoms with van der Waals surface area (Å²) in [6.07, 6.45) is 0.0437. The van der Waals surface area contributed by atoms with Crippen LogP contribution in [0.15, 0.2) is 36.4 Å². The monoisotopic (exact) mass is 291 g/mol. The number of hydrogen-bond donors (Lipinski definition) is 1. The van der Waals surface area contributed by atoms with E-state index in [1.54, 1.807) is 0 Å². The molecule has 0 fully saturated rings. The summed E-state index contributed by atoms with van der Waals surface area (Å²) in [6, 6.07) is 8.85. The van der Waals surface area contributed by atoms with E-state index in [0.29, 0.717) is 12.2 Å². The number of halogens is 2. The average Bonchev–Trinajstić information content (AvgIpc) is 2.90. The molecule has 3 nitrogen and oxygen atoms in total. The van der Waals surface area contributed by atoms with Gasteiger partial charge in [-0.3, -0.25) is 0 Å². The van der Waals surface area contributed by atoms with Gasteiger partial charge in [0.25, 0.3) is 0 Å². The molecule has 110 valence electrons. The molecule has 2 N–H and O–H groups in total. The van der Waals surface area contributed by atoms with Crippen molar-refractivity contribution in [3.05, 3.63) is 59.2 Å². The Hall–Kier alpha value is -2.14. The minimum atomic E-state index is -0.886. The summed E-state index contributed by atoms with van der Waals surface area (Å²) in [4.78, 5) is 0. The molecule has 2 aromatic carbocycles. The summed E-state index contributed by atoms with van der Waals surface area (Å²) in [5.41, 5.74) is 6.85. The Morgan fingerprint density at radius 2 is 1.90 bits per heavy atom. The van der Waals surface area contributed by atoms with Crippen LogP contribution >= 0.6 is 0 Å². The molecule has 0 saturated carbocycles. The Morgan fingerprint density at radius 3 is 2.52 bits per heavy atom. The molecular formula is C16H15F2NO2. The normalized spacial score (nSPS) is 18.0. The van der Waals surface area contributed by atoms with Gasteiger partial charge in [-0.1, -0.05) is 18.2 Å². The first kappa shape index (κ1) is 13.8. The molecule has 5 heteroatoms. The lowest BCUT2D eigenvalue weighted by Crippen LogP contribution is -2.31. The molecule has 1 heterocycles. The van der Waals surface area contributed by atoms with E-state index in [0.717, 1.165) is 17.7 Å². The van der Waals surface area contributed by atoms with Crippen molar-refractivity contribution in [3.63, 3.8) is 0 Å². The highest BCUT2D eigenvalue weighted by atomic mass is 19.1. The van der Waals surface area contributed by atoms with Gasteiger partial charge in [0.05, 0.1) is 13.2 Å². The minimum absolute atomic E-state index is 0.122. The predicted molar refractivity (Wildman–Crippen MR) is 74.4 cm³/mol. The zero-order valence-corrected chi connectivity index (χ0v) is 11.5. The van der Waals surface area contributed by atoms with Gasteiger partial charge >= 0.3 is 0 Å². The van der Waals surface area contributed by atoms with Gasteiger partial charge in [-0.05, 0) is 11.6 Å². The number of benzene rings is 2. The standard InChI is InChI=1S/C16H15F2NO2/c1-20-10-7-11(17)15(12(18)8-10)16(19)14-6-9-4-2-3-5-13(9)21-14/h2-5,7-8,14,16H,6,19H2,1H3. The van der Waals surface area contributed by atoms with E-state index in [4.69, 9.17) is 15.2 Å². The van der Waals surface area contributed by atoms with Crippen LogP contribution in [0.25, 0.3) is 0 Å². The van der Waals surface area contributed by atoms with Crippen LogP contribution in [0.3, 0.4) is 0 Å². The fraction of sp³-hybridized carbons (Fsp3) is 0.250. The minimum Gasteiger partial charge on any atom is -0.497 e. The zero-order valence-electron chi connectivity index (χ0n) is 11.5. The molecule has 0 amide bonds. The van der Waals surface area contributed by atoms with Crippen molar-refractivity contribution < 1.29 is 18.3 Å². The molecule has 0 bridgehead atoms. The molecule has 3 rings (SSSR count). The molecule has 0 spiro atoms. The van der Waals surface area contributed by atoms with Crippen molar-refractivity contribution in [1.29, 1.82) is 0 Å². The molecule has 1 aliphatic heterocycles. The highest BCUT2D eigenvalue weighted by molar-refractivity contribution is 5.39. The Labute approximate surface area is 121 Å². The molecule has 21 heavy (non-hydrogen) atoms. The van der Waals surface area contributed by atoms with Gasteiger partial charge in [0.2, 0.25) is 0 Å². The van der Waals surface area contributed by atoms with Gasteiger partial charge in [0, 0.05) is 24.1 Å². The van der Waals surface area contributed by atoms with Crippen LogP contribution in [0.2, 0.25) is 0 Å². The van der Waals surface area contributed by atoms with Crippen molar-refractivity contribution in [2.45, 2.75) is 18.6 Å². The maximum atomic E-state index is 14.1. The summed E-state index contributed by atoms with van der Waals surface area (Å²) in [5.74, 6) is -0.610. The lowest BCUT2D eigenvalue weighted by atomic mass is 9.97. The first-order valence-electron chi connectivity index (χ1n) is 6.63. The van der Waals surface area contributed by atoms with Crippen molar-refractivity contribution in [2.75, 3.05) is 7.11 Å². The molecular weight excluding hydrogens is 276 g/mol. The first-order valence-corrected chi connectivity index (χ1v) is 6.63. The summed E-state index contributed by atoms with van der Waals surface area (Å²) in [7, 11) is 1.35. The van der Waals surface area contributed by atoms with Crippen molar-refractivity contribution in [3.8, 4) is 11.5 Å². The maximum absolute atomic E-state index is 14.1. The van der Waals surface area contributed by atoms with E-state index in [-0.39, 0.29) is 11.3 Å². The first-order chi connectivity index (χ1) is 10.1.